The van der Waals surface area contributed by atoms with Gasteiger partial charge in [0.05, 0.1) is 6.04 Å². The summed E-state index contributed by atoms with van der Waals surface area (Å²) in [6.45, 7) is 7.63. The van der Waals surface area contributed by atoms with Gasteiger partial charge in [0.1, 0.15) is 36.3 Å². The van der Waals surface area contributed by atoms with E-state index >= 15 is 0 Å². The van der Waals surface area contributed by atoms with E-state index in [0.717, 1.165) is 19.3 Å². The van der Waals surface area contributed by atoms with Crippen molar-refractivity contribution < 1.29 is 38.4 Å². The van der Waals surface area contributed by atoms with Crippen molar-refractivity contribution in [3.8, 4) is 0 Å². The second kappa shape index (κ2) is 36.9. The van der Waals surface area contributed by atoms with Crippen molar-refractivity contribution in [2.45, 2.75) is 192 Å². The van der Waals surface area contributed by atoms with Gasteiger partial charge in [0, 0.05) is 38.5 Å². The first-order valence-electron chi connectivity index (χ1n) is 26.0. The van der Waals surface area contributed by atoms with Crippen molar-refractivity contribution in [2.24, 2.45) is 71.8 Å². The predicted octanol–water partition coefficient (Wildman–Crippen LogP) is -2.84. The number of ketones is 1. The van der Waals surface area contributed by atoms with Crippen LogP contribution in [0.25, 0.3) is 0 Å². The van der Waals surface area contributed by atoms with Crippen LogP contribution in [0, 0.1) is 5.92 Å². The largest absolute Gasteiger partial charge is 0.370 e. The summed E-state index contributed by atoms with van der Waals surface area (Å²) in [5.41, 5.74) is 44.4. The van der Waals surface area contributed by atoms with E-state index in [1.165, 1.54) is 0 Å². The minimum atomic E-state index is -1.29. The lowest BCUT2D eigenvalue weighted by Crippen LogP contribution is -2.60. The Bertz CT molecular complexity index is 1780. The first-order chi connectivity index (χ1) is 35.2. The van der Waals surface area contributed by atoms with Crippen LogP contribution in [0.3, 0.4) is 0 Å². The molecular weight excluding hydrogens is 959 g/mol. The Kier molecular flexibility index (Phi) is 32.4. The maximum absolute atomic E-state index is 14.4. The number of nitrogens with zero attached hydrogens (tertiary/aromatic N) is 4. The molecule has 23 N–H and O–H groups in total. The third-order valence-electron chi connectivity index (χ3n) is 12.2. The zero-order chi connectivity index (χ0) is 55.6. The van der Waals surface area contributed by atoms with Gasteiger partial charge in [-0.1, -0.05) is 66.2 Å². The molecule has 8 unspecified atom stereocenters. The van der Waals surface area contributed by atoms with Crippen LogP contribution in [0.1, 0.15) is 150 Å². The topological polar surface area (TPSA) is 478 Å². The molecular formula is C47H89N19O8. The second-order valence-electron chi connectivity index (χ2n) is 18.4. The molecule has 1 heterocycles. The van der Waals surface area contributed by atoms with Crippen molar-refractivity contribution >= 4 is 71.0 Å². The Balaban J connectivity index is 4.08. The van der Waals surface area contributed by atoms with Gasteiger partial charge in [0.25, 0.3) is 0 Å². The SMILES string of the molecule is CCCCCC1CC(=O)C(CCCN=C(N)N)NC(=O)C(CCCN=C(N)N)NC(=O)C(CC)NC(=O)C(CCCCC)NC(=O)C(CCCN=C(N)N)NC(=O)C(CCCN=C(N)N)NC(=O)C(CC)NC1=O. The minimum absolute atomic E-state index is 0.000712. The Labute approximate surface area is 435 Å². The lowest BCUT2D eigenvalue weighted by Gasteiger charge is -2.28. The molecule has 0 saturated carbocycles. The fourth-order valence-corrected chi connectivity index (χ4v) is 7.98. The second-order valence-corrected chi connectivity index (χ2v) is 18.4. The molecule has 0 aromatic carbocycles. The van der Waals surface area contributed by atoms with Crippen LogP contribution in [-0.4, -0.2) is 139 Å². The highest BCUT2D eigenvalue weighted by atomic mass is 16.2. The minimum Gasteiger partial charge on any atom is -0.370 e. The molecule has 74 heavy (non-hydrogen) atoms. The van der Waals surface area contributed by atoms with Crippen LogP contribution in [0.15, 0.2) is 20.0 Å². The average Bonchev–Trinajstić information content (AvgIpc) is 3.34. The summed E-state index contributed by atoms with van der Waals surface area (Å²) in [5.74, 6) is -7.20. The van der Waals surface area contributed by atoms with Crippen LogP contribution in [0.4, 0.5) is 0 Å². The standard InChI is InChI=1S/C47H89N19O8/c1-5-9-11-17-28-27-36(67)31(19-13-23-56-44(48)49)62-41(72)33(20-14-24-57-45(50)51)63-39(70)30(8-4)61-40(71)32(18-12-10-6-2)65-43(74)35(22-16-26-59-47(54)55)66-42(73)34(21-15-25-58-46(52)53)64-38(69)29(7-3)60-37(28)68/h28-35H,5-27H2,1-4H3,(H,60,68)(H,61,71)(H,62,72)(H,63,70)(H,64,69)(H,65,74)(H,66,73)(H4,48,49,56)(H4,50,51,57)(H4,52,53,58)(H4,54,55,59). The zero-order valence-corrected chi connectivity index (χ0v) is 44.1. The van der Waals surface area contributed by atoms with Crippen LogP contribution >= 0.6 is 0 Å². The van der Waals surface area contributed by atoms with E-state index in [4.69, 9.17) is 45.9 Å². The van der Waals surface area contributed by atoms with Crippen LogP contribution in [0.5, 0.6) is 0 Å². The number of nitrogens with one attached hydrogen (secondary N) is 7. The molecule has 0 aromatic rings. The molecule has 1 fully saturated rings. The van der Waals surface area contributed by atoms with Crippen molar-refractivity contribution in [3.63, 3.8) is 0 Å². The summed E-state index contributed by atoms with van der Waals surface area (Å²) < 4.78 is 0. The van der Waals surface area contributed by atoms with Crippen LogP contribution in [-0.2, 0) is 38.4 Å². The molecule has 420 valence electrons. The molecule has 1 aliphatic heterocycles. The van der Waals surface area contributed by atoms with Gasteiger partial charge >= 0.3 is 0 Å². The fraction of sp³-hybridized carbons (Fsp3) is 0.745. The Morgan fingerprint density at radius 2 is 0.608 bits per heavy atom. The zero-order valence-electron chi connectivity index (χ0n) is 44.1. The highest BCUT2D eigenvalue weighted by molar-refractivity contribution is 5.99. The van der Waals surface area contributed by atoms with Gasteiger partial charge < -0.3 is 83.1 Å². The number of nitrogens with two attached hydrogens (primary N) is 8. The Morgan fingerprint density at radius 1 is 0.351 bits per heavy atom. The van der Waals surface area contributed by atoms with Crippen LogP contribution < -0.4 is 83.1 Å². The molecule has 1 aliphatic rings. The summed E-state index contributed by atoms with van der Waals surface area (Å²) in [6.07, 6.45) is 5.15. The summed E-state index contributed by atoms with van der Waals surface area (Å²) in [5, 5.41) is 19.3. The lowest BCUT2D eigenvalue weighted by atomic mass is 9.90. The fourth-order valence-electron chi connectivity index (χ4n) is 7.98. The van der Waals surface area contributed by atoms with Crippen molar-refractivity contribution in [2.75, 3.05) is 26.2 Å². The van der Waals surface area contributed by atoms with E-state index in [2.05, 4.69) is 57.2 Å². The number of guanidine groups is 4. The molecule has 0 bridgehead atoms. The highest BCUT2D eigenvalue weighted by Gasteiger charge is 2.35. The smallest absolute Gasteiger partial charge is 0.243 e. The molecule has 1 rings (SSSR count). The maximum atomic E-state index is 14.4. The molecule has 0 aliphatic carbocycles. The Morgan fingerprint density at radius 3 is 0.919 bits per heavy atom. The number of rotatable bonds is 26. The van der Waals surface area contributed by atoms with Gasteiger partial charge in [-0.3, -0.25) is 58.3 Å². The number of aliphatic imine (C=N–C) groups is 4. The maximum Gasteiger partial charge on any atom is 0.243 e. The number of carbonyl (C=O) groups is 8. The third-order valence-corrected chi connectivity index (χ3v) is 12.2. The normalized spacial score (nSPS) is 23.0. The van der Waals surface area contributed by atoms with Gasteiger partial charge in [0.15, 0.2) is 29.6 Å². The third kappa shape index (κ3) is 27.2. The molecule has 27 heteroatoms. The lowest BCUT2D eigenvalue weighted by molar-refractivity contribution is -0.137. The van der Waals surface area contributed by atoms with Crippen LogP contribution in [0.2, 0.25) is 0 Å². The molecule has 27 nitrogen and oxygen atoms in total. The summed E-state index contributed by atoms with van der Waals surface area (Å²) >= 11 is 0. The summed E-state index contributed by atoms with van der Waals surface area (Å²) in [6, 6.07) is -8.62. The molecule has 0 radical (unpaired) electrons. The number of Topliss-reactive ketones (excluding diaryl/α,β-unsaturated/α-hetero) is 1. The Hall–Kier alpha value is -6.96. The molecule has 7 amide bonds. The number of carbonyl (C=O) groups excluding carboxylic acids is 8. The monoisotopic (exact) mass is 1050 g/mol. The van der Waals surface area contributed by atoms with Gasteiger partial charge in [-0.2, -0.15) is 0 Å². The predicted molar refractivity (Wildman–Crippen MR) is 285 cm³/mol. The molecule has 0 spiro atoms. The van der Waals surface area contributed by atoms with Gasteiger partial charge in [-0.05, 0) is 77.0 Å². The summed E-state index contributed by atoms with van der Waals surface area (Å²) in [7, 11) is 0. The van der Waals surface area contributed by atoms with E-state index in [1.54, 1.807) is 13.8 Å². The van der Waals surface area contributed by atoms with Crippen molar-refractivity contribution in [3.05, 3.63) is 0 Å². The quantitative estimate of drug-likeness (QED) is 0.0236. The van der Waals surface area contributed by atoms with E-state index < -0.39 is 95.3 Å². The van der Waals surface area contributed by atoms with E-state index in [9.17, 15) is 38.4 Å². The first kappa shape index (κ1) is 65.1. The number of amides is 7. The molecule has 8 atom stereocenters. The van der Waals surface area contributed by atoms with E-state index in [0.29, 0.717) is 19.3 Å². The number of unbranched alkanes of at least 4 members (excludes halogenated alkanes) is 4. The number of hydrogen-bond donors (Lipinski definition) is 15. The van der Waals surface area contributed by atoms with E-state index in [1.807, 2.05) is 13.8 Å². The highest BCUT2D eigenvalue weighted by Crippen LogP contribution is 2.19. The first-order valence-corrected chi connectivity index (χ1v) is 26.0. The van der Waals surface area contributed by atoms with E-state index in [-0.39, 0.29) is 133 Å². The molecule has 1 saturated heterocycles. The van der Waals surface area contributed by atoms with Crippen molar-refractivity contribution in [1.29, 1.82) is 0 Å². The average molecular weight is 1050 g/mol. The van der Waals surface area contributed by atoms with Gasteiger partial charge in [-0.15, -0.1) is 0 Å². The number of hydrogen-bond acceptors (Lipinski definition) is 12. The van der Waals surface area contributed by atoms with Crippen molar-refractivity contribution in [1.82, 2.24) is 37.2 Å². The van der Waals surface area contributed by atoms with Gasteiger partial charge in [-0.25, -0.2) is 0 Å². The molecule has 0 aromatic heterocycles. The van der Waals surface area contributed by atoms with Gasteiger partial charge in [0.2, 0.25) is 41.4 Å². The summed E-state index contributed by atoms with van der Waals surface area (Å²) in [4.78, 5) is 130.